The molecule has 0 bridgehead atoms. The van der Waals surface area contributed by atoms with Crippen LogP contribution >= 0.6 is 0 Å². The van der Waals surface area contributed by atoms with Gasteiger partial charge in [0.05, 0.1) is 0 Å². The first-order chi connectivity index (χ1) is 10.8. The second-order valence-corrected chi connectivity index (χ2v) is 5.93. The molecule has 0 aliphatic rings. The maximum atomic E-state index is 11.5. The van der Waals surface area contributed by atoms with Gasteiger partial charge in [-0.2, -0.15) is 5.06 Å². The number of benzene rings is 2. The number of nitrogens with zero attached hydrogens (tertiary/aromatic N) is 2. The second-order valence-electron chi connectivity index (χ2n) is 5.93. The van der Waals surface area contributed by atoms with E-state index in [1.807, 2.05) is 66.5 Å². The van der Waals surface area contributed by atoms with E-state index in [0.29, 0.717) is 0 Å². The van der Waals surface area contributed by atoms with Gasteiger partial charge in [0.15, 0.2) is 0 Å². The fourth-order valence-corrected chi connectivity index (χ4v) is 2.32. The minimum absolute atomic E-state index is 0.402. The van der Waals surface area contributed by atoms with Crippen molar-refractivity contribution in [2.24, 2.45) is 0 Å². The fraction of sp³-hybridized carbons (Fsp3) is 0.278. The maximum absolute atomic E-state index is 11.5. The minimum Gasteiger partial charge on any atom is -0.355 e. The number of carbonyl (C=O) groups excluding carboxylic acids is 1. The Morgan fingerprint density at radius 2 is 1.65 bits per heavy atom. The Labute approximate surface area is 137 Å². The van der Waals surface area contributed by atoms with E-state index in [9.17, 15) is 10.0 Å². The Morgan fingerprint density at radius 3 is 2.26 bits per heavy atom. The van der Waals surface area contributed by atoms with E-state index in [2.05, 4.69) is 5.32 Å². The van der Waals surface area contributed by atoms with Crippen molar-refractivity contribution >= 4 is 23.0 Å². The van der Waals surface area contributed by atoms with Crippen LogP contribution in [0, 0.1) is 0 Å². The van der Waals surface area contributed by atoms with Gasteiger partial charge in [-0.15, -0.1) is 0 Å². The summed E-state index contributed by atoms with van der Waals surface area (Å²) >= 11 is 0. The molecular formula is C18H23N3O2. The van der Waals surface area contributed by atoms with Crippen LogP contribution in [0.3, 0.4) is 0 Å². The summed E-state index contributed by atoms with van der Waals surface area (Å²) in [4.78, 5) is 13.3. The number of para-hydroxylation sites is 1. The zero-order valence-corrected chi connectivity index (χ0v) is 13.9. The fourth-order valence-electron chi connectivity index (χ4n) is 2.32. The largest absolute Gasteiger partial charge is 0.355 e. The van der Waals surface area contributed by atoms with Crippen LogP contribution < -0.4 is 10.2 Å². The van der Waals surface area contributed by atoms with E-state index in [-0.39, 0.29) is 0 Å². The van der Waals surface area contributed by atoms with Crippen molar-refractivity contribution in [1.29, 1.82) is 0 Å². The first-order valence-electron chi connectivity index (χ1n) is 7.48. The maximum Gasteiger partial charge on any atom is 0.245 e. The number of hydrogen-bond acceptors (Lipinski definition) is 4. The number of rotatable bonds is 5. The first-order valence-corrected chi connectivity index (χ1v) is 7.48. The molecule has 2 aromatic rings. The van der Waals surface area contributed by atoms with Gasteiger partial charge >= 0.3 is 0 Å². The summed E-state index contributed by atoms with van der Waals surface area (Å²) in [5.74, 6) is -0.402. The minimum atomic E-state index is -0.864. The van der Waals surface area contributed by atoms with Crippen LogP contribution in [0.4, 0.5) is 17.1 Å². The highest BCUT2D eigenvalue weighted by molar-refractivity contribution is 5.73. The zero-order chi connectivity index (χ0) is 17.0. The number of hydrogen-bond donors (Lipinski definition) is 2. The molecule has 1 amide bonds. The molecule has 0 saturated heterocycles. The zero-order valence-electron chi connectivity index (χ0n) is 13.9. The lowest BCUT2D eigenvalue weighted by Crippen LogP contribution is -2.55. The topological polar surface area (TPSA) is 55.8 Å². The molecule has 2 N–H and O–H groups in total. The smallest absolute Gasteiger partial charge is 0.245 e. The average molecular weight is 313 g/mol. The Balaban J connectivity index is 2.23. The standard InChI is InChI=1S/C18H23N3O2/c1-14(22)21(23)18(2,3)20(4)17-12-8-11-16(13-17)19-15-9-6-5-7-10-15/h5-13,19,23H,1-4H3. The monoisotopic (exact) mass is 313 g/mol. The van der Waals surface area contributed by atoms with Crippen molar-refractivity contribution in [1.82, 2.24) is 5.06 Å². The van der Waals surface area contributed by atoms with Crippen molar-refractivity contribution in [3.8, 4) is 0 Å². The number of carbonyl (C=O) groups is 1. The molecule has 2 rings (SSSR count). The van der Waals surface area contributed by atoms with Gasteiger partial charge in [0, 0.05) is 31.0 Å². The van der Waals surface area contributed by atoms with E-state index in [1.54, 1.807) is 13.8 Å². The van der Waals surface area contributed by atoms with Crippen molar-refractivity contribution in [3.63, 3.8) is 0 Å². The lowest BCUT2D eigenvalue weighted by atomic mass is 10.1. The summed E-state index contributed by atoms with van der Waals surface area (Å²) in [6.45, 7) is 4.90. The molecule has 0 heterocycles. The second kappa shape index (κ2) is 6.71. The lowest BCUT2D eigenvalue weighted by molar-refractivity contribution is -0.186. The van der Waals surface area contributed by atoms with Crippen molar-refractivity contribution in [2.45, 2.75) is 26.4 Å². The van der Waals surface area contributed by atoms with Crippen LogP contribution in [0.1, 0.15) is 20.8 Å². The van der Waals surface area contributed by atoms with E-state index in [1.165, 1.54) is 6.92 Å². The van der Waals surface area contributed by atoms with E-state index in [0.717, 1.165) is 22.1 Å². The van der Waals surface area contributed by atoms with E-state index < -0.39 is 11.6 Å². The normalized spacial score (nSPS) is 11.0. The summed E-state index contributed by atoms with van der Waals surface area (Å²) in [6.07, 6.45) is 0. The number of anilines is 3. The predicted octanol–water partition coefficient (Wildman–Crippen LogP) is 3.84. The van der Waals surface area contributed by atoms with Gasteiger partial charge in [0.25, 0.3) is 0 Å². The van der Waals surface area contributed by atoms with Crippen molar-refractivity contribution < 1.29 is 10.0 Å². The van der Waals surface area contributed by atoms with Crippen molar-refractivity contribution in [2.75, 3.05) is 17.3 Å². The molecule has 5 heteroatoms. The quantitative estimate of drug-likeness (QED) is 0.500. The van der Waals surface area contributed by atoms with Crippen LogP contribution in [-0.4, -0.2) is 28.9 Å². The third kappa shape index (κ3) is 3.81. The van der Waals surface area contributed by atoms with E-state index >= 15 is 0 Å². The average Bonchev–Trinajstić information content (AvgIpc) is 2.54. The van der Waals surface area contributed by atoms with Gasteiger partial charge in [0.2, 0.25) is 5.91 Å². The highest BCUT2D eigenvalue weighted by atomic mass is 16.5. The molecule has 0 unspecified atom stereocenters. The lowest BCUT2D eigenvalue weighted by Gasteiger charge is -2.42. The molecule has 2 aromatic carbocycles. The summed E-state index contributed by atoms with van der Waals surface area (Å²) in [7, 11) is 1.84. The van der Waals surface area contributed by atoms with Crippen LogP contribution in [-0.2, 0) is 4.79 Å². The Kier molecular flexibility index (Phi) is 4.91. The molecule has 0 aromatic heterocycles. The molecule has 0 fully saturated rings. The predicted molar refractivity (Wildman–Crippen MR) is 93.0 cm³/mol. The molecule has 0 aliphatic carbocycles. The van der Waals surface area contributed by atoms with Crippen LogP contribution in [0.5, 0.6) is 0 Å². The highest BCUT2D eigenvalue weighted by Gasteiger charge is 2.32. The van der Waals surface area contributed by atoms with Crippen LogP contribution in [0.15, 0.2) is 54.6 Å². The number of nitrogens with one attached hydrogen (secondary N) is 1. The molecule has 0 aliphatic heterocycles. The Hall–Kier alpha value is -2.53. The highest BCUT2D eigenvalue weighted by Crippen LogP contribution is 2.28. The molecule has 0 spiro atoms. The van der Waals surface area contributed by atoms with Gasteiger partial charge in [-0.25, -0.2) is 0 Å². The molecule has 0 radical (unpaired) electrons. The Morgan fingerprint density at radius 1 is 1.04 bits per heavy atom. The number of hydroxylamine groups is 2. The summed E-state index contributed by atoms with van der Waals surface area (Å²) < 4.78 is 0. The van der Waals surface area contributed by atoms with Gasteiger partial charge in [-0.1, -0.05) is 24.3 Å². The molecule has 122 valence electrons. The summed E-state index contributed by atoms with van der Waals surface area (Å²) in [6, 6.07) is 17.7. The Bertz CT molecular complexity index is 671. The molecular weight excluding hydrogens is 290 g/mol. The third-order valence-electron chi connectivity index (χ3n) is 3.93. The van der Waals surface area contributed by atoms with Gasteiger partial charge in [0.1, 0.15) is 5.66 Å². The molecule has 0 saturated carbocycles. The molecule has 0 atom stereocenters. The number of amides is 1. The molecule has 23 heavy (non-hydrogen) atoms. The van der Waals surface area contributed by atoms with Crippen LogP contribution in [0.25, 0.3) is 0 Å². The first kappa shape index (κ1) is 16.8. The van der Waals surface area contributed by atoms with Crippen LogP contribution in [0.2, 0.25) is 0 Å². The summed E-state index contributed by atoms with van der Waals surface area (Å²) in [5, 5.41) is 14.1. The molecule has 5 nitrogen and oxygen atoms in total. The van der Waals surface area contributed by atoms with Gasteiger partial charge in [-0.05, 0) is 44.2 Å². The van der Waals surface area contributed by atoms with Gasteiger partial charge < -0.3 is 10.2 Å². The van der Waals surface area contributed by atoms with Gasteiger partial charge in [-0.3, -0.25) is 10.0 Å². The summed E-state index contributed by atoms with van der Waals surface area (Å²) in [5.41, 5.74) is 1.95. The van der Waals surface area contributed by atoms with E-state index in [4.69, 9.17) is 0 Å². The SMILES string of the molecule is CC(=O)N(O)C(C)(C)N(C)c1cccc(Nc2ccccc2)c1. The van der Waals surface area contributed by atoms with Crippen molar-refractivity contribution in [3.05, 3.63) is 54.6 Å². The third-order valence-corrected chi connectivity index (χ3v) is 3.93.